The molecular formula is C19H31N. The van der Waals surface area contributed by atoms with Crippen LogP contribution in [0.1, 0.15) is 71.4 Å². The predicted molar refractivity (Wildman–Crippen MR) is 89.9 cm³/mol. The topological polar surface area (TPSA) is 12.0 Å². The molecule has 0 aliphatic heterocycles. The molecule has 1 rings (SSSR count). The summed E-state index contributed by atoms with van der Waals surface area (Å²) < 4.78 is 0. The SMILES string of the molecule is CCCC/C=C(\C)NCc1ccc(C(C)(C)CC)cc1. The number of hydrogen-bond donors (Lipinski definition) is 1. The van der Waals surface area contributed by atoms with Gasteiger partial charge in [0.05, 0.1) is 0 Å². The van der Waals surface area contributed by atoms with Crippen molar-refractivity contribution in [1.29, 1.82) is 0 Å². The van der Waals surface area contributed by atoms with E-state index < -0.39 is 0 Å². The van der Waals surface area contributed by atoms with Gasteiger partial charge in [-0.05, 0) is 36.3 Å². The molecule has 1 aromatic carbocycles. The lowest BCUT2D eigenvalue weighted by molar-refractivity contribution is 0.506. The van der Waals surface area contributed by atoms with Gasteiger partial charge in [-0.3, -0.25) is 0 Å². The van der Waals surface area contributed by atoms with Crippen LogP contribution in [-0.4, -0.2) is 0 Å². The van der Waals surface area contributed by atoms with E-state index in [0.717, 1.165) is 6.54 Å². The summed E-state index contributed by atoms with van der Waals surface area (Å²) in [5.41, 5.74) is 4.35. The molecule has 112 valence electrons. The van der Waals surface area contributed by atoms with Crippen LogP contribution in [0.2, 0.25) is 0 Å². The standard InChI is InChI=1S/C19H31N/c1-6-8-9-10-16(3)20-15-17-11-13-18(14-12-17)19(4,5)7-2/h10-14,20H,6-9,15H2,1-5H3/b16-10+. The Bertz CT molecular complexity index is 412. The number of allylic oxidation sites excluding steroid dienone is 2. The Morgan fingerprint density at radius 3 is 2.35 bits per heavy atom. The largest absolute Gasteiger partial charge is 0.385 e. The Morgan fingerprint density at radius 1 is 1.15 bits per heavy atom. The molecule has 0 aliphatic rings. The van der Waals surface area contributed by atoms with Gasteiger partial charge in [0.1, 0.15) is 0 Å². The zero-order chi connectivity index (χ0) is 15.0. The second-order valence-corrected chi connectivity index (χ2v) is 6.32. The van der Waals surface area contributed by atoms with E-state index in [1.165, 1.54) is 42.5 Å². The summed E-state index contributed by atoms with van der Waals surface area (Å²) >= 11 is 0. The summed E-state index contributed by atoms with van der Waals surface area (Å²) in [6.07, 6.45) is 7.19. The molecule has 0 saturated heterocycles. The van der Waals surface area contributed by atoms with Crippen LogP contribution in [0.4, 0.5) is 0 Å². The van der Waals surface area contributed by atoms with Crippen LogP contribution in [0.5, 0.6) is 0 Å². The lowest BCUT2D eigenvalue weighted by Gasteiger charge is -2.23. The summed E-state index contributed by atoms with van der Waals surface area (Å²) in [6.45, 7) is 12.2. The van der Waals surface area contributed by atoms with Crippen molar-refractivity contribution in [3.63, 3.8) is 0 Å². The van der Waals surface area contributed by atoms with Gasteiger partial charge in [0, 0.05) is 12.2 Å². The summed E-state index contributed by atoms with van der Waals surface area (Å²) in [6, 6.07) is 9.05. The zero-order valence-corrected chi connectivity index (χ0v) is 13.9. The quantitative estimate of drug-likeness (QED) is 0.612. The maximum atomic E-state index is 3.49. The van der Waals surface area contributed by atoms with E-state index in [-0.39, 0.29) is 5.41 Å². The first-order valence-corrected chi connectivity index (χ1v) is 7.99. The minimum absolute atomic E-state index is 0.280. The van der Waals surface area contributed by atoms with Crippen molar-refractivity contribution in [2.75, 3.05) is 0 Å². The van der Waals surface area contributed by atoms with Gasteiger partial charge in [-0.2, -0.15) is 0 Å². The van der Waals surface area contributed by atoms with Crippen LogP contribution >= 0.6 is 0 Å². The second kappa shape index (κ2) is 8.14. The number of benzene rings is 1. The Labute approximate surface area is 125 Å². The van der Waals surface area contributed by atoms with Crippen LogP contribution in [0.3, 0.4) is 0 Å². The van der Waals surface area contributed by atoms with E-state index in [1.807, 2.05) is 0 Å². The number of unbranched alkanes of at least 4 members (excludes halogenated alkanes) is 2. The Morgan fingerprint density at radius 2 is 1.80 bits per heavy atom. The van der Waals surface area contributed by atoms with Crippen molar-refractivity contribution in [3.05, 3.63) is 47.2 Å². The molecule has 1 aromatic rings. The molecule has 1 nitrogen and oxygen atoms in total. The van der Waals surface area contributed by atoms with E-state index in [4.69, 9.17) is 0 Å². The molecule has 0 atom stereocenters. The molecule has 0 spiro atoms. The first kappa shape index (κ1) is 16.8. The molecule has 0 radical (unpaired) electrons. The maximum Gasteiger partial charge on any atom is 0.0397 e. The highest BCUT2D eigenvalue weighted by atomic mass is 14.9. The normalized spacial score (nSPS) is 12.6. The van der Waals surface area contributed by atoms with Gasteiger partial charge in [-0.25, -0.2) is 0 Å². The van der Waals surface area contributed by atoms with Crippen molar-refractivity contribution in [3.8, 4) is 0 Å². The van der Waals surface area contributed by atoms with Gasteiger partial charge in [0.2, 0.25) is 0 Å². The average Bonchev–Trinajstić information content (AvgIpc) is 2.46. The van der Waals surface area contributed by atoms with E-state index in [2.05, 4.69) is 70.3 Å². The molecular weight excluding hydrogens is 242 g/mol. The number of hydrogen-bond acceptors (Lipinski definition) is 1. The van der Waals surface area contributed by atoms with Crippen LogP contribution in [0, 0.1) is 0 Å². The van der Waals surface area contributed by atoms with Gasteiger partial charge >= 0.3 is 0 Å². The fourth-order valence-electron chi connectivity index (χ4n) is 2.11. The van der Waals surface area contributed by atoms with Gasteiger partial charge in [-0.15, -0.1) is 0 Å². The lowest BCUT2D eigenvalue weighted by Crippen LogP contribution is -2.16. The van der Waals surface area contributed by atoms with Crippen LogP contribution in [0.15, 0.2) is 36.0 Å². The fraction of sp³-hybridized carbons (Fsp3) is 0.579. The zero-order valence-electron chi connectivity index (χ0n) is 13.9. The maximum absolute atomic E-state index is 3.49. The molecule has 1 N–H and O–H groups in total. The van der Waals surface area contributed by atoms with Gasteiger partial charge in [-0.1, -0.05) is 70.9 Å². The molecule has 0 fully saturated rings. The summed E-state index contributed by atoms with van der Waals surface area (Å²) in [5, 5.41) is 3.49. The second-order valence-electron chi connectivity index (χ2n) is 6.32. The molecule has 0 aromatic heterocycles. The van der Waals surface area contributed by atoms with Gasteiger partial charge in [0.25, 0.3) is 0 Å². The Kier molecular flexibility index (Phi) is 6.84. The third kappa shape index (κ3) is 5.40. The third-order valence-corrected chi connectivity index (χ3v) is 4.20. The minimum atomic E-state index is 0.280. The first-order chi connectivity index (χ1) is 9.49. The number of rotatable bonds is 8. The average molecular weight is 273 g/mol. The lowest BCUT2D eigenvalue weighted by atomic mass is 9.82. The van der Waals surface area contributed by atoms with E-state index in [1.54, 1.807) is 0 Å². The fourth-order valence-corrected chi connectivity index (χ4v) is 2.11. The Hall–Kier alpha value is -1.24. The van der Waals surface area contributed by atoms with E-state index >= 15 is 0 Å². The van der Waals surface area contributed by atoms with Crippen molar-refractivity contribution in [2.24, 2.45) is 0 Å². The highest BCUT2D eigenvalue weighted by Gasteiger charge is 2.17. The number of nitrogens with one attached hydrogen (secondary N) is 1. The first-order valence-electron chi connectivity index (χ1n) is 7.99. The van der Waals surface area contributed by atoms with Crippen molar-refractivity contribution in [1.82, 2.24) is 5.32 Å². The molecule has 0 unspecified atom stereocenters. The molecule has 1 heteroatoms. The van der Waals surface area contributed by atoms with Crippen LogP contribution < -0.4 is 5.32 Å². The predicted octanol–water partition coefficient (Wildman–Crippen LogP) is 5.56. The molecule has 20 heavy (non-hydrogen) atoms. The third-order valence-electron chi connectivity index (χ3n) is 4.20. The molecule has 0 amide bonds. The van der Waals surface area contributed by atoms with Crippen LogP contribution in [0.25, 0.3) is 0 Å². The summed E-state index contributed by atoms with van der Waals surface area (Å²) in [7, 11) is 0. The molecule has 0 bridgehead atoms. The highest BCUT2D eigenvalue weighted by molar-refractivity contribution is 5.28. The monoisotopic (exact) mass is 273 g/mol. The molecule has 0 heterocycles. The van der Waals surface area contributed by atoms with Crippen LogP contribution in [-0.2, 0) is 12.0 Å². The van der Waals surface area contributed by atoms with Crippen molar-refractivity contribution in [2.45, 2.75) is 72.3 Å². The van der Waals surface area contributed by atoms with Crippen molar-refractivity contribution < 1.29 is 0 Å². The van der Waals surface area contributed by atoms with Gasteiger partial charge in [0.15, 0.2) is 0 Å². The summed E-state index contributed by atoms with van der Waals surface area (Å²) in [4.78, 5) is 0. The smallest absolute Gasteiger partial charge is 0.0397 e. The Balaban J connectivity index is 2.52. The van der Waals surface area contributed by atoms with E-state index in [9.17, 15) is 0 Å². The minimum Gasteiger partial charge on any atom is -0.385 e. The summed E-state index contributed by atoms with van der Waals surface area (Å²) in [5.74, 6) is 0. The van der Waals surface area contributed by atoms with Gasteiger partial charge < -0.3 is 5.32 Å². The molecule has 0 saturated carbocycles. The highest BCUT2D eigenvalue weighted by Crippen LogP contribution is 2.26. The molecule has 0 aliphatic carbocycles. The van der Waals surface area contributed by atoms with E-state index in [0.29, 0.717) is 0 Å². The van der Waals surface area contributed by atoms with Crippen molar-refractivity contribution >= 4 is 0 Å².